The number of aliphatic hydroxyl groups is 2. The van der Waals surface area contributed by atoms with Crippen molar-refractivity contribution in [1.29, 1.82) is 0 Å². The largest absolute Gasteiger partial charge is 0.445 e. The van der Waals surface area contributed by atoms with E-state index in [4.69, 9.17) is 4.74 Å². The molecule has 0 aliphatic rings. The standard InChI is InChI=1S/C17H23NO4/c1-3-5-11-14(16(20)15(19)4-2)18-17(21)22-12-13-9-7-6-8-10-13/h4-11,14-16,19-20H,2-3,12H2,1H3,(H,18,21)/b11-5+/t14-,15-,16-/m1/s1. The number of nitrogens with one attached hydrogen (secondary N) is 1. The molecule has 5 heteroatoms. The first-order valence-electron chi connectivity index (χ1n) is 7.21. The number of hydrogen-bond acceptors (Lipinski definition) is 4. The number of benzene rings is 1. The SMILES string of the molecule is C=C[C@@H](O)[C@H](O)[C@@H](/C=C/CC)NC(=O)OCc1ccccc1. The molecule has 0 radical (unpaired) electrons. The summed E-state index contributed by atoms with van der Waals surface area (Å²) in [6.07, 6.45) is 2.39. The second-order valence-electron chi connectivity index (χ2n) is 4.79. The van der Waals surface area contributed by atoms with Gasteiger partial charge in [-0.05, 0) is 12.0 Å². The van der Waals surface area contributed by atoms with Gasteiger partial charge in [0.25, 0.3) is 0 Å². The van der Waals surface area contributed by atoms with Gasteiger partial charge in [0.15, 0.2) is 0 Å². The second kappa shape index (κ2) is 9.76. The predicted octanol–water partition coefficient (Wildman–Crippen LogP) is 2.16. The van der Waals surface area contributed by atoms with E-state index < -0.39 is 24.3 Å². The molecule has 1 rings (SSSR count). The molecule has 3 atom stereocenters. The molecule has 0 spiro atoms. The maximum absolute atomic E-state index is 11.8. The molecule has 5 nitrogen and oxygen atoms in total. The van der Waals surface area contributed by atoms with Crippen molar-refractivity contribution in [3.63, 3.8) is 0 Å². The molecule has 0 unspecified atom stereocenters. The molecule has 1 aromatic carbocycles. The van der Waals surface area contributed by atoms with Gasteiger partial charge in [0, 0.05) is 0 Å². The lowest BCUT2D eigenvalue weighted by atomic mass is 10.0. The van der Waals surface area contributed by atoms with Crippen molar-refractivity contribution in [1.82, 2.24) is 5.32 Å². The van der Waals surface area contributed by atoms with Crippen LogP contribution >= 0.6 is 0 Å². The fourth-order valence-corrected chi connectivity index (χ4v) is 1.78. The molecule has 0 heterocycles. The smallest absolute Gasteiger partial charge is 0.408 e. The summed E-state index contributed by atoms with van der Waals surface area (Å²) in [5.41, 5.74) is 0.866. The Balaban J connectivity index is 2.58. The van der Waals surface area contributed by atoms with Crippen molar-refractivity contribution >= 4 is 6.09 Å². The van der Waals surface area contributed by atoms with Crippen LogP contribution < -0.4 is 5.32 Å². The van der Waals surface area contributed by atoms with Crippen molar-refractivity contribution in [3.05, 3.63) is 60.7 Å². The number of rotatable bonds is 8. The van der Waals surface area contributed by atoms with Crippen molar-refractivity contribution in [2.24, 2.45) is 0 Å². The summed E-state index contributed by atoms with van der Waals surface area (Å²) >= 11 is 0. The zero-order valence-corrected chi connectivity index (χ0v) is 12.7. The van der Waals surface area contributed by atoms with Gasteiger partial charge in [-0.2, -0.15) is 0 Å². The molecule has 22 heavy (non-hydrogen) atoms. The number of hydrogen-bond donors (Lipinski definition) is 3. The average Bonchev–Trinajstić information content (AvgIpc) is 2.56. The van der Waals surface area contributed by atoms with Gasteiger partial charge in [-0.15, -0.1) is 6.58 Å². The molecule has 0 fully saturated rings. The van der Waals surface area contributed by atoms with Crippen LogP contribution in [0.5, 0.6) is 0 Å². The third-order valence-electron chi connectivity index (χ3n) is 3.04. The molecule has 1 amide bonds. The minimum absolute atomic E-state index is 0.136. The Morgan fingerprint density at radius 3 is 2.64 bits per heavy atom. The van der Waals surface area contributed by atoms with Crippen LogP contribution in [0.3, 0.4) is 0 Å². The van der Waals surface area contributed by atoms with Crippen molar-refractivity contribution in [3.8, 4) is 0 Å². The molecular weight excluding hydrogens is 282 g/mol. The number of aliphatic hydroxyl groups excluding tert-OH is 2. The van der Waals surface area contributed by atoms with E-state index in [9.17, 15) is 15.0 Å². The van der Waals surface area contributed by atoms with E-state index in [1.54, 1.807) is 12.2 Å². The Morgan fingerprint density at radius 2 is 2.05 bits per heavy atom. The maximum Gasteiger partial charge on any atom is 0.408 e. The van der Waals surface area contributed by atoms with Gasteiger partial charge in [-0.3, -0.25) is 0 Å². The Labute approximate surface area is 130 Å². The maximum atomic E-state index is 11.8. The Morgan fingerprint density at radius 1 is 1.36 bits per heavy atom. The second-order valence-corrected chi connectivity index (χ2v) is 4.79. The number of ether oxygens (including phenoxy) is 1. The highest BCUT2D eigenvalue weighted by Crippen LogP contribution is 2.06. The molecule has 0 bridgehead atoms. The monoisotopic (exact) mass is 305 g/mol. The minimum atomic E-state index is -1.19. The third-order valence-corrected chi connectivity index (χ3v) is 3.04. The van der Waals surface area contributed by atoms with Crippen LogP contribution in [0.4, 0.5) is 4.79 Å². The molecule has 0 aliphatic heterocycles. The molecule has 3 N–H and O–H groups in total. The first-order chi connectivity index (χ1) is 10.6. The average molecular weight is 305 g/mol. The Hall–Kier alpha value is -2.11. The van der Waals surface area contributed by atoms with Gasteiger partial charge in [0.1, 0.15) is 18.8 Å². The summed E-state index contributed by atoms with van der Waals surface area (Å²) < 4.78 is 5.10. The van der Waals surface area contributed by atoms with Crippen LogP contribution in [0.25, 0.3) is 0 Å². The number of carbonyl (C=O) groups excluding carboxylic acids is 1. The topological polar surface area (TPSA) is 78.8 Å². The van der Waals surface area contributed by atoms with Crippen molar-refractivity contribution in [2.75, 3.05) is 0 Å². The van der Waals surface area contributed by atoms with Gasteiger partial charge in [-0.25, -0.2) is 4.79 Å². The van der Waals surface area contributed by atoms with Crippen molar-refractivity contribution < 1.29 is 19.7 Å². The Kier molecular flexibility index (Phi) is 7.96. The zero-order chi connectivity index (χ0) is 16.4. The van der Waals surface area contributed by atoms with E-state index in [1.165, 1.54) is 6.08 Å². The number of carbonyl (C=O) groups is 1. The highest BCUT2D eigenvalue weighted by atomic mass is 16.5. The van der Waals surface area contributed by atoms with E-state index in [0.717, 1.165) is 12.0 Å². The van der Waals surface area contributed by atoms with E-state index in [2.05, 4.69) is 11.9 Å². The quantitative estimate of drug-likeness (QED) is 0.643. The lowest BCUT2D eigenvalue weighted by Gasteiger charge is -2.23. The molecule has 0 aliphatic carbocycles. The predicted molar refractivity (Wildman–Crippen MR) is 85.2 cm³/mol. The number of alkyl carbamates (subject to hydrolysis) is 1. The number of amides is 1. The first-order valence-corrected chi connectivity index (χ1v) is 7.21. The van der Waals surface area contributed by atoms with Crippen LogP contribution in [0.1, 0.15) is 18.9 Å². The van der Waals surface area contributed by atoms with Gasteiger partial charge < -0.3 is 20.3 Å². The van der Waals surface area contributed by atoms with Crippen LogP contribution in [0.15, 0.2) is 55.1 Å². The molecule has 1 aromatic rings. The summed E-state index contributed by atoms with van der Waals surface area (Å²) in [6.45, 7) is 5.49. The van der Waals surface area contributed by atoms with E-state index >= 15 is 0 Å². The molecule has 0 aromatic heterocycles. The van der Waals surface area contributed by atoms with E-state index in [1.807, 2.05) is 37.3 Å². The molecule has 120 valence electrons. The normalized spacial score (nSPS) is 15.0. The lowest BCUT2D eigenvalue weighted by molar-refractivity contribution is 0.0313. The summed E-state index contributed by atoms with van der Waals surface area (Å²) in [6, 6.07) is 8.52. The summed E-state index contributed by atoms with van der Waals surface area (Å²) in [5.74, 6) is 0. The summed E-state index contributed by atoms with van der Waals surface area (Å²) in [7, 11) is 0. The van der Waals surface area contributed by atoms with Gasteiger partial charge in [0.2, 0.25) is 0 Å². The Bertz CT molecular complexity index is 487. The number of allylic oxidation sites excluding steroid dienone is 1. The van der Waals surface area contributed by atoms with Crippen LogP contribution in [-0.2, 0) is 11.3 Å². The van der Waals surface area contributed by atoms with Crippen LogP contribution in [0, 0.1) is 0 Å². The van der Waals surface area contributed by atoms with E-state index in [0.29, 0.717) is 0 Å². The van der Waals surface area contributed by atoms with E-state index in [-0.39, 0.29) is 6.61 Å². The van der Waals surface area contributed by atoms with Crippen LogP contribution in [0.2, 0.25) is 0 Å². The molecule has 0 saturated carbocycles. The van der Waals surface area contributed by atoms with Crippen molar-refractivity contribution in [2.45, 2.75) is 38.2 Å². The summed E-state index contributed by atoms with van der Waals surface area (Å²) in [5, 5.41) is 22.1. The fourth-order valence-electron chi connectivity index (χ4n) is 1.78. The third kappa shape index (κ3) is 6.11. The van der Waals surface area contributed by atoms with Gasteiger partial charge >= 0.3 is 6.09 Å². The fraction of sp³-hybridized carbons (Fsp3) is 0.353. The van der Waals surface area contributed by atoms with Gasteiger partial charge in [0.05, 0.1) is 6.04 Å². The highest BCUT2D eigenvalue weighted by molar-refractivity contribution is 5.68. The van der Waals surface area contributed by atoms with Crippen LogP contribution in [-0.4, -0.2) is 34.6 Å². The highest BCUT2D eigenvalue weighted by Gasteiger charge is 2.24. The van der Waals surface area contributed by atoms with Gasteiger partial charge in [-0.1, -0.05) is 55.5 Å². The molecule has 0 saturated heterocycles. The zero-order valence-electron chi connectivity index (χ0n) is 12.7. The first kappa shape index (κ1) is 17.9. The summed E-state index contributed by atoms with van der Waals surface area (Å²) in [4.78, 5) is 11.8. The molecular formula is C17H23NO4. The minimum Gasteiger partial charge on any atom is -0.445 e. The lowest BCUT2D eigenvalue weighted by Crippen LogP contribution is -2.47.